The lowest BCUT2D eigenvalue weighted by atomic mass is 9.66. The summed E-state index contributed by atoms with van der Waals surface area (Å²) < 4.78 is 12.9. The molecule has 4 rings (SSSR count). The summed E-state index contributed by atoms with van der Waals surface area (Å²) in [6.07, 6.45) is 18.8. The molecule has 4 atom stereocenters. The number of aromatic nitrogens is 2. The summed E-state index contributed by atoms with van der Waals surface area (Å²) in [6.45, 7) is 2.71. The summed E-state index contributed by atoms with van der Waals surface area (Å²) >= 11 is 0. The van der Waals surface area contributed by atoms with E-state index in [1.165, 1.54) is 64.9 Å². The summed E-state index contributed by atoms with van der Waals surface area (Å²) in [5, 5.41) is 7.64. The van der Waals surface area contributed by atoms with Crippen molar-refractivity contribution in [1.29, 1.82) is 0 Å². The van der Waals surface area contributed by atoms with Crippen molar-refractivity contribution in [2.24, 2.45) is 23.7 Å². The lowest BCUT2D eigenvalue weighted by molar-refractivity contribution is -0.114. The van der Waals surface area contributed by atoms with Crippen LogP contribution < -0.4 is 10.1 Å². The molecule has 1 amide bonds. The highest BCUT2D eigenvalue weighted by Crippen LogP contribution is 2.43. The second-order valence-corrected chi connectivity index (χ2v) is 10.7. The number of nitrogens with one attached hydrogen (secondary N) is 1. The van der Waals surface area contributed by atoms with Gasteiger partial charge in [0.2, 0.25) is 5.88 Å². The van der Waals surface area contributed by atoms with Crippen molar-refractivity contribution < 1.29 is 19.1 Å². The molecule has 3 aliphatic carbocycles. The average molecular weight is 472 g/mol. The van der Waals surface area contributed by atoms with Crippen LogP contribution in [0.15, 0.2) is 12.3 Å². The molecule has 0 aromatic carbocycles. The molecule has 1 N–H and O–H groups in total. The predicted molar refractivity (Wildman–Crippen MR) is 132 cm³/mol. The number of aldehydes is 1. The highest BCUT2D eigenvalue weighted by molar-refractivity contribution is 5.96. The number of hydrogen-bond donors (Lipinski definition) is 1. The minimum absolute atomic E-state index is 0.119. The molecule has 0 saturated heterocycles. The molecule has 3 fully saturated rings. The standard InChI is InChI=1S/C27H41N3O4/c1-19(23-14-21-9-6-10-22(13-21)15-23)29-26(32)25-16-28-30(12-11-24(17-31)33-2)27(25)34-18-20-7-4-3-5-8-20/h11-12,16-17,19-24H,3-10,13-15,18H2,1-2H3,(H,29,32)/b12-11+. The maximum atomic E-state index is 13.3. The van der Waals surface area contributed by atoms with E-state index in [1.807, 2.05) is 0 Å². The topological polar surface area (TPSA) is 82.5 Å². The van der Waals surface area contributed by atoms with Gasteiger partial charge < -0.3 is 19.6 Å². The number of carbonyl (C=O) groups excluding carboxylic acids is 2. The lowest BCUT2D eigenvalue weighted by Gasteiger charge is -2.41. The van der Waals surface area contributed by atoms with Crippen molar-refractivity contribution >= 4 is 18.4 Å². The van der Waals surface area contributed by atoms with Crippen LogP contribution in [0.4, 0.5) is 0 Å². The van der Waals surface area contributed by atoms with Crippen molar-refractivity contribution in [3.05, 3.63) is 17.8 Å². The third kappa shape index (κ3) is 6.29. The minimum atomic E-state index is -0.668. The molecule has 3 saturated carbocycles. The quantitative estimate of drug-likeness (QED) is 0.493. The van der Waals surface area contributed by atoms with Crippen LogP contribution in [0.5, 0.6) is 5.88 Å². The van der Waals surface area contributed by atoms with E-state index in [4.69, 9.17) is 9.47 Å². The maximum absolute atomic E-state index is 13.3. The van der Waals surface area contributed by atoms with Crippen LogP contribution in [0, 0.1) is 23.7 Å². The van der Waals surface area contributed by atoms with Crippen molar-refractivity contribution in [1.82, 2.24) is 15.1 Å². The molecular weight excluding hydrogens is 430 g/mol. The molecule has 1 aromatic heterocycles. The van der Waals surface area contributed by atoms with Crippen molar-refractivity contribution in [2.45, 2.75) is 89.7 Å². The number of hydrogen-bond acceptors (Lipinski definition) is 5. The smallest absolute Gasteiger partial charge is 0.258 e. The second kappa shape index (κ2) is 12.0. The molecule has 2 bridgehead atoms. The maximum Gasteiger partial charge on any atom is 0.258 e. The van der Waals surface area contributed by atoms with Gasteiger partial charge in [0.25, 0.3) is 5.91 Å². The van der Waals surface area contributed by atoms with Gasteiger partial charge in [-0.2, -0.15) is 5.10 Å². The Kier molecular flexibility index (Phi) is 8.81. The van der Waals surface area contributed by atoms with Crippen molar-refractivity contribution in [3.63, 3.8) is 0 Å². The molecule has 0 aliphatic heterocycles. The number of nitrogens with zero attached hydrogens (tertiary/aromatic N) is 2. The number of amides is 1. The molecule has 7 nitrogen and oxygen atoms in total. The van der Waals surface area contributed by atoms with E-state index in [1.54, 1.807) is 23.2 Å². The van der Waals surface area contributed by atoms with Gasteiger partial charge in [0.15, 0.2) is 6.29 Å². The fourth-order valence-corrected chi connectivity index (χ4v) is 6.25. The van der Waals surface area contributed by atoms with Gasteiger partial charge in [-0.1, -0.05) is 38.5 Å². The number of methoxy groups -OCH3 is 1. The molecule has 34 heavy (non-hydrogen) atoms. The Balaban J connectivity index is 1.46. The first kappa shape index (κ1) is 25.0. The van der Waals surface area contributed by atoms with E-state index in [2.05, 4.69) is 17.3 Å². The number of rotatable bonds is 10. The van der Waals surface area contributed by atoms with Gasteiger partial charge >= 0.3 is 0 Å². The third-order valence-electron chi connectivity index (χ3n) is 8.23. The Labute approximate surface area is 203 Å². The third-order valence-corrected chi connectivity index (χ3v) is 8.23. The van der Waals surface area contributed by atoms with E-state index >= 15 is 0 Å². The normalized spacial score (nSPS) is 27.3. The van der Waals surface area contributed by atoms with E-state index in [0.717, 1.165) is 31.0 Å². The molecule has 4 unspecified atom stereocenters. The molecule has 188 valence electrons. The Morgan fingerprint density at radius 2 is 1.88 bits per heavy atom. The molecule has 3 aliphatic rings. The zero-order chi connectivity index (χ0) is 23.9. The summed E-state index contributed by atoms with van der Waals surface area (Å²) in [4.78, 5) is 24.5. The van der Waals surface area contributed by atoms with Crippen LogP contribution in [-0.2, 0) is 9.53 Å². The summed E-state index contributed by atoms with van der Waals surface area (Å²) in [5.41, 5.74) is 0.448. The number of carbonyl (C=O) groups is 2. The fraction of sp³-hybridized carbons (Fsp3) is 0.741. The van der Waals surface area contributed by atoms with Gasteiger partial charge in [-0.15, -0.1) is 0 Å². The van der Waals surface area contributed by atoms with Crippen molar-refractivity contribution in [2.75, 3.05) is 13.7 Å². The van der Waals surface area contributed by atoms with Gasteiger partial charge in [0.05, 0.1) is 12.8 Å². The number of ether oxygens (including phenoxy) is 2. The van der Waals surface area contributed by atoms with Gasteiger partial charge in [-0.05, 0) is 68.8 Å². The lowest BCUT2D eigenvalue weighted by Crippen LogP contribution is -2.42. The Hall–Kier alpha value is -2.15. The Morgan fingerprint density at radius 1 is 1.15 bits per heavy atom. The minimum Gasteiger partial charge on any atom is -0.477 e. The van der Waals surface area contributed by atoms with E-state index < -0.39 is 6.10 Å². The molecular formula is C27H41N3O4. The van der Waals surface area contributed by atoms with Crippen LogP contribution in [-0.4, -0.2) is 47.8 Å². The zero-order valence-electron chi connectivity index (χ0n) is 20.8. The second-order valence-electron chi connectivity index (χ2n) is 10.7. The summed E-state index contributed by atoms with van der Waals surface area (Å²) in [5.74, 6) is 2.98. The first-order chi connectivity index (χ1) is 16.6. The van der Waals surface area contributed by atoms with Gasteiger partial charge in [0, 0.05) is 19.4 Å². The predicted octanol–water partition coefficient (Wildman–Crippen LogP) is 4.86. The van der Waals surface area contributed by atoms with Crippen LogP contribution in [0.2, 0.25) is 0 Å². The Morgan fingerprint density at radius 3 is 2.56 bits per heavy atom. The van der Waals surface area contributed by atoms with Crippen LogP contribution in [0.1, 0.15) is 87.9 Å². The summed E-state index contributed by atoms with van der Waals surface area (Å²) in [6, 6.07) is 0.119. The van der Waals surface area contributed by atoms with Gasteiger partial charge in [0.1, 0.15) is 11.7 Å². The number of fused-ring (bicyclic) bond motifs is 2. The Bertz CT molecular complexity index is 833. The molecule has 0 spiro atoms. The highest BCUT2D eigenvalue weighted by Gasteiger charge is 2.35. The van der Waals surface area contributed by atoms with Crippen molar-refractivity contribution in [3.8, 4) is 5.88 Å². The fourth-order valence-electron chi connectivity index (χ4n) is 6.25. The van der Waals surface area contributed by atoms with Gasteiger partial charge in [-0.3, -0.25) is 4.79 Å². The van der Waals surface area contributed by atoms with Gasteiger partial charge in [-0.25, -0.2) is 4.68 Å². The van der Waals surface area contributed by atoms with E-state index in [9.17, 15) is 9.59 Å². The molecule has 0 radical (unpaired) electrons. The SMILES string of the molecule is COC(C=O)/C=C/n1ncc(C(=O)NC(C)C2CC3CCCC(C3)C2)c1OCC1CCCCC1. The highest BCUT2D eigenvalue weighted by atomic mass is 16.5. The monoisotopic (exact) mass is 471 g/mol. The van der Waals surface area contributed by atoms with E-state index in [0.29, 0.717) is 29.9 Å². The summed E-state index contributed by atoms with van der Waals surface area (Å²) in [7, 11) is 1.48. The first-order valence-corrected chi connectivity index (χ1v) is 13.2. The average Bonchev–Trinajstić information content (AvgIpc) is 3.26. The molecule has 1 aromatic rings. The molecule has 7 heteroatoms. The largest absolute Gasteiger partial charge is 0.477 e. The first-order valence-electron chi connectivity index (χ1n) is 13.2. The van der Waals surface area contributed by atoms with Crippen LogP contribution in [0.25, 0.3) is 6.20 Å². The zero-order valence-corrected chi connectivity index (χ0v) is 20.8. The van der Waals surface area contributed by atoms with E-state index in [-0.39, 0.29) is 11.9 Å². The van der Waals surface area contributed by atoms with Crippen LogP contribution in [0.3, 0.4) is 0 Å². The molecule has 1 heterocycles. The van der Waals surface area contributed by atoms with Crippen LogP contribution >= 0.6 is 0 Å².